The number of piperidine rings is 1. The van der Waals surface area contributed by atoms with E-state index >= 15 is 0 Å². The summed E-state index contributed by atoms with van der Waals surface area (Å²) in [6.45, 7) is 7.41. The molecular weight excluding hydrogens is 310 g/mol. The molecule has 0 unspecified atom stereocenters. The highest BCUT2D eigenvalue weighted by molar-refractivity contribution is 5.79. The number of halogens is 2. The predicted molar refractivity (Wildman–Crippen MR) is 94.3 cm³/mol. The molecule has 6 heteroatoms. The Morgan fingerprint density at radius 1 is 1.17 bits per heavy atom. The number of benzene rings is 1. The largest absolute Gasteiger partial charge is 0.357 e. The number of rotatable bonds is 7. The molecule has 24 heavy (non-hydrogen) atoms. The van der Waals surface area contributed by atoms with E-state index in [1.165, 1.54) is 44.5 Å². The fraction of sp³-hybridized carbons (Fsp3) is 0.611. The quantitative estimate of drug-likeness (QED) is 0.593. The van der Waals surface area contributed by atoms with Crippen LogP contribution in [0.2, 0.25) is 0 Å². The van der Waals surface area contributed by atoms with Crippen molar-refractivity contribution in [3.8, 4) is 0 Å². The topological polar surface area (TPSA) is 39.7 Å². The monoisotopic (exact) mass is 338 g/mol. The first-order valence-corrected chi connectivity index (χ1v) is 8.87. The lowest BCUT2D eigenvalue weighted by atomic mass is 10.1. The molecule has 0 saturated carbocycles. The van der Waals surface area contributed by atoms with E-state index in [2.05, 4.69) is 20.5 Å². The fourth-order valence-corrected chi connectivity index (χ4v) is 2.87. The molecule has 0 radical (unpaired) electrons. The van der Waals surface area contributed by atoms with Crippen molar-refractivity contribution in [2.24, 2.45) is 4.99 Å². The molecule has 0 bridgehead atoms. The normalized spacial score (nSPS) is 16.2. The van der Waals surface area contributed by atoms with Crippen LogP contribution < -0.4 is 10.6 Å². The predicted octanol–water partition coefficient (Wildman–Crippen LogP) is 2.55. The van der Waals surface area contributed by atoms with Gasteiger partial charge in [0.15, 0.2) is 5.96 Å². The minimum Gasteiger partial charge on any atom is -0.357 e. The summed E-state index contributed by atoms with van der Waals surface area (Å²) in [6.07, 6.45) is 4.39. The molecule has 1 aromatic carbocycles. The molecule has 1 aliphatic rings. The summed E-state index contributed by atoms with van der Waals surface area (Å²) in [5.74, 6) is -0.294. The maximum absolute atomic E-state index is 13.6. The summed E-state index contributed by atoms with van der Waals surface area (Å²) in [7, 11) is 0. The van der Waals surface area contributed by atoms with Crippen LogP contribution in [-0.2, 0) is 6.42 Å². The van der Waals surface area contributed by atoms with Crippen molar-refractivity contribution in [3.05, 3.63) is 35.4 Å². The first-order chi connectivity index (χ1) is 11.7. The maximum atomic E-state index is 13.6. The van der Waals surface area contributed by atoms with Crippen molar-refractivity contribution >= 4 is 5.96 Å². The summed E-state index contributed by atoms with van der Waals surface area (Å²) in [4.78, 5) is 7.02. The van der Waals surface area contributed by atoms with E-state index in [-0.39, 0.29) is 0 Å². The lowest BCUT2D eigenvalue weighted by molar-refractivity contribution is 0.235. The Morgan fingerprint density at radius 3 is 2.67 bits per heavy atom. The minimum absolute atomic E-state index is 0.489. The Labute approximate surface area is 143 Å². The highest BCUT2D eigenvalue weighted by Crippen LogP contribution is 2.09. The van der Waals surface area contributed by atoms with Gasteiger partial charge in [-0.15, -0.1) is 0 Å². The van der Waals surface area contributed by atoms with E-state index in [1.807, 2.05) is 6.92 Å². The lowest BCUT2D eigenvalue weighted by Gasteiger charge is -2.25. The van der Waals surface area contributed by atoms with Gasteiger partial charge in [-0.1, -0.05) is 12.5 Å². The van der Waals surface area contributed by atoms with Gasteiger partial charge in [-0.25, -0.2) is 8.78 Å². The van der Waals surface area contributed by atoms with Gasteiger partial charge in [0.05, 0.1) is 6.54 Å². The Bertz CT molecular complexity index is 528. The number of hydrogen-bond donors (Lipinski definition) is 2. The Balaban J connectivity index is 1.76. The smallest absolute Gasteiger partial charge is 0.191 e. The third-order valence-corrected chi connectivity index (χ3v) is 4.18. The molecule has 0 spiro atoms. The molecule has 1 fully saturated rings. The summed E-state index contributed by atoms with van der Waals surface area (Å²) >= 11 is 0. The second-order valence-corrected chi connectivity index (χ2v) is 6.08. The highest BCUT2D eigenvalue weighted by Gasteiger charge is 2.09. The average molecular weight is 338 g/mol. The van der Waals surface area contributed by atoms with Gasteiger partial charge in [0.1, 0.15) is 11.6 Å². The number of hydrogen-bond acceptors (Lipinski definition) is 2. The van der Waals surface area contributed by atoms with E-state index in [0.29, 0.717) is 18.5 Å². The molecule has 1 saturated heterocycles. The second kappa shape index (κ2) is 10.2. The maximum Gasteiger partial charge on any atom is 0.191 e. The van der Waals surface area contributed by atoms with Gasteiger partial charge in [-0.05, 0) is 50.9 Å². The zero-order valence-electron chi connectivity index (χ0n) is 14.5. The molecule has 1 heterocycles. The summed E-state index contributed by atoms with van der Waals surface area (Å²) < 4.78 is 26.5. The Kier molecular flexibility index (Phi) is 7.95. The SMILES string of the molecule is CCNC(=NCCN1CCCCC1)NCCc1ccc(F)cc1F. The number of nitrogens with one attached hydrogen (secondary N) is 2. The first-order valence-electron chi connectivity index (χ1n) is 8.87. The molecule has 134 valence electrons. The zero-order chi connectivity index (χ0) is 17.2. The molecule has 0 aromatic heterocycles. The Hall–Kier alpha value is -1.69. The van der Waals surface area contributed by atoms with Crippen LogP contribution in [0.15, 0.2) is 23.2 Å². The molecule has 1 aliphatic heterocycles. The van der Waals surface area contributed by atoms with Crippen LogP contribution in [0.4, 0.5) is 8.78 Å². The van der Waals surface area contributed by atoms with Gasteiger partial charge >= 0.3 is 0 Å². The molecule has 0 atom stereocenters. The highest BCUT2D eigenvalue weighted by atomic mass is 19.1. The van der Waals surface area contributed by atoms with Gasteiger partial charge < -0.3 is 15.5 Å². The van der Waals surface area contributed by atoms with E-state index in [9.17, 15) is 8.78 Å². The number of nitrogens with zero attached hydrogens (tertiary/aromatic N) is 2. The van der Waals surface area contributed by atoms with Gasteiger partial charge in [0, 0.05) is 25.7 Å². The van der Waals surface area contributed by atoms with Crippen molar-refractivity contribution in [3.63, 3.8) is 0 Å². The molecule has 0 amide bonds. The van der Waals surface area contributed by atoms with Crippen LogP contribution in [0.1, 0.15) is 31.7 Å². The van der Waals surface area contributed by atoms with Crippen molar-refractivity contribution in [2.75, 3.05) is 39.3 Å². The van der Waals surface area contributed by atoms with Crippen LogP contribution >= 0.6 is 0 Å². The van der Waals surface area contributed by atoms with Crippen LogP contribution in [0.3, 0.4) is 0 Å². The van der Waals surface area contributed by atoms with Crippen molar-refractivity contribution in [2.45, 2.75) is 32.6 Å². The second-order valence-electron chi connectivity index (χ2n) is 6.08. The van der Waals surface area contributed by atoms with E-state index in [1.54, 1.807) is 0 Å². The molecule has 0 aliphatic carbocycles. The zero-order valence-corrected chi connectivity index (χ0v) is 14.5. The standard InChI is InChI=1S/C18H28F2N4/c1-2-21-18(23-10-13-24-11-4-3-5-12-24)22-9-8-15-6-7-16(19)14-17(15)20/h6-7,14H,2-5,8-13H2,1H3,(H2,21,22,23). The molecule has 4 nitrogen and oxygen atoms in total. The van der Waals surface area contributed by atoms with Crippen molar-refractivity contribution in [1.82, 2.24) is 15.5 Å². The van der Waals surface area contributed by atoms with E-state index in [4.69, 9.17) is 0 Å². The molecule has 1 aromatic rings. The van der Waals surface area contributed by atoms with Crippen LogP contribution in [0.25, 0.3) is 0 Å². The van der Waals surface area contributed by atoms with Gasteiger partial charge in [0.25, 0.3) is 0 Å². The first kappa shape index (κ1) is 18.6. The van der Waals surface area contributed by atoms with Gasteiger partial charge in [-0.3, -0.25) is 4.99 Å². The van der Waals surface area contributed by atoms with Crippen LogP contribution in [-0.4, -0.2) is 50.1 Å². The summed E-state index contributed by atoms with van der Waals surface area (Å²) in [5.41, 5.74) is 0.507. The van der Waals surface area contributed by atoms with Crippen LogP contribution in [0.5, 0.6) is 0 Å². The third-order valence-electron chi connectivity index (χ3n) is 4.18. The summed E-state index contributed by atoms with van der Waals surface area (Å²) in [5, 5.41) is 6.41. The summed E-state index contributed by atoms with van der Waals surface area (Å²) in [6, 6.07) is 3.70. The molecule has 2 N–H and O–H groups in total. The lowest BCUT2D eigenvalue weighted by Crippen LogP contribution is -2.39. The van der Waals surface area contributed by atoms with Gasteiger partial charge in [-0.2, -0.15) is 0 Å². The Morgan fingerprint density at radius 2 is 1.96 bits per heavy atom. The van der Waals surface area contributed by atoms with Crippen molar-refractivity contribution in [1.29, 1.82) is 0 Å². The molecule has 2 rings (SSSR count). The average Bonchev–Trinajstić information content (AvgIpc) is 2.58. The van der Waals surface area contributed by atoms with E-state index < -0.39 is 11.6 Å². The number of guanidine groups is 1. The van der Waals surface area contributed by atoms with Crippen molar-refractivity contribution < 1.29 is 8.78 Å². The number of likely N-dealkylation sites (tertiary alicyclic amines) is 1. The van der Waals surface area contributed by atoms with Crippen LogP contribution in [0, 0.1) is 11.6 Å². The van der Waals surface area contributed by atoms with Gasteiger partial charge in [0.2, 0.25) is 0 Å². The fourth-order valence-electron chi connectivity index (χ4n) is 2.87. The third kappa shape index (κ3) is 6.43. The minimum atomic E-state index is -0.545. The van der Waals surface area contributed by atoms with E-state index in [0.717, 1.165) is 31.7 Å². The number of aliphatic imine (C=N–C) groups is 1. The molecular formula is C18H28F2N4.